The van der Waals surface area contributed by atoms with Gasteiger partial charge in [0.1, 0.15) is 0 Å². The van der Waals surface area contributed by atoms with Crippen LogP contribution in [-0.2, 0) is 19.0 Å². The van der Waals surface area contributed by atoms with Crippen LogP contribution in [0.3, 0.4) is 0 Å². The number of benzene rings is 1. The standard InChI is InChI=1S/C16H25O3P/c1-12(2)18-20(17,19-13(3)4)15-11-16(15,5)14-9-7-6-8-10-14/h6-10,12-13,15H,11H2,1-5H3/t15-,16+/m0/s1. The molecule has 0 aliphatic heterocycles. The Morgan fingerprint density at radius 3 is 2.05 bits per heavy atom. The van der Waals surface area contributed by atoms with Crippen LogP contribution in [0, 0.1) is 0 Å². The lowest BCUT2D eigenvalue weighted by Crippen LogP contribution is -2.15. The highest BCUT2D eigenvalue weighted by atomic mass is 31.2. The summed E-state index contributed by atoms with van der Waals surface area (Å²) >= 11 is 0. The normalized spacial score (nSPS) is 26.2. The largest absolute Gasteiger partial charge is 0.335 e. The van der Waals surface area contributed by atoms with Crippen LogP contribution >= 0.6 is 7.60 Å². The molecule has 1 aliphatic rings. The first-order chi connectivity index (χ1) is 9.28. The first kappa shape index (κ1) is 15.8. The molecule has 0 bridgehead atoms. The average molecular weight is 296 g/mol. The van der Waals surface area contributed by atoms with Gasteiger partial charge in [-0.3, -0.25) is 4.57 Å². The topological polar surface area (TPSA) is 35.5 Å². The van der Waals surface area contributed by atoms with Gasteiger partial charge < -0.3 is 9.05 Å². The van der Waals surface area contributed by atoms with E-state index in [1.54, 1.807) is 0 Å². The summed E-state index contributed by atoms with van der Waals surface area (Å²) in [6.07, 6.45) is 0.661. The second-order valence-corrected chi connectivity index (χ2v) is 8.48. The summed E-state index contributed by atoms with van der Waals surface area (Å²) in [6, 6.07) is 10.2. The Morgan fingerprint density at radius 2 is 1.60 bits per heavy atom. The van der Waals surface area contributed by atoms with Crippen LogP contribution in [0.25, 0.3) is 0 Å². The molecule has 0 amide bonds. The van der Waals surface area contributed by atoms with Gasteiger partial charge >= 0.3 is 7.60 Å². The molecule has 4 heteroatoms. The first-order valence-electron chi connectivity index (χ1n) is 7.30. The van der Waals surface area contributed by atoms with E-state index in [4.69, 9.17) is 9.05 Å². The summed E-state index contributed by atoms with van der Waals surface area (Å²) < 4.78 is 24.6. The van der Waals surface area contributed by atoms with Gasteiger partial charge in [0.2, 0.25) is 0 Å². The fraction of sp³-hybridized carbons (Fsp3) is 0.625. The van der Waals surface area contributed by atoms with Crippen molar-refractivity contribution in [2.75, 3.05) is 0 Å². The molecule has 0 heterocycles. The Hall–Kier alpha value is -0.630. The van der Waals surface area contributed by atoms with Crippen LogP contribution < -0.4 is 0 Å². The highest BCUT2D eigenvalue weighted by Crippen LogP contribution is 2.71. The third-order valence-electron chi connectivity index (χ3n) is 3.72. The molecule has 2 atom stereocenters. The lowest BCUT2D eigenvalue weighted by Gasteiger charge is -2.25. The quantitative estimate of drug-likeness (QED) is 0.710. The molecule has 1 fully saturated rings. The molecule has 0 spiro atoms. The molecule has 0 radical (unpaired) electrons. The van der Waals surface area contributed by atoms with E-state index in [9.17, 15) is 4.57 Å². The molecule has 2 rings (SSSR count). The summed E-state index contributed by atoms with van der Waals surface area (Å²) in [5, 5.41) is 0. The van der Waals surface area contributed by atoms with Crippen molar-refractivity contribution in [2.45, 2.75) is 64.3 Å². The fourth-order valence-electron chi connectivity index (χ4n) is 2.69. The highest BCUT2D eigenvalue weighted by molar-refractivity contribution is 7.55. The molecule has 1 saturated carbocycles. The maximum atomic E-state index is 13.1. The van der Waals surface area contributed by atoms with Crippen LogP contribution in [0.5, 0.6) is 0 Å². The van der Waals surface area contributed by atoms with Crippen molar-refractivity contribution < 1.29 is 13.6 Å². The van der Waals surface area contributed by atoms with Crippen molar-refractivity contribution in [1.29, 1.82) is 0 Å². The van der Waals surface area contributed by atoms with Gasteiger partial charge in [-0.05, 0) is 39.7 Å². The first-order valence-corrected chi connectivity index (χ1v) is 8.91. The van der Waals surface area contributed by atoms with Gasteiger partial charge in [0.05, 0.1) is 17.9 Å². The zero-order valence-electron chi connectivity index (χ0n) is 13.0. The maximum absolute atomic E-state index is 13.1. The van der Waals surface area contributed by atoms with E-state index >= 15 is 0 Å². The Morgan fingerprint density at radius 1 is 1.10 bits per heavy atom. The van der Waals surface area contributed by atoms with Crippen LogP contribution in [0.15, 0.2) is 30.3 Å². The van der Waals surface area contributed by atoms with Gasteiger partial charge in [-0.1, -0.05) is 37.3 Å². The van der Waals surface area contributed by atoms with Gasteiger partial charge in [0.25, 0.3) is 0 Å². The Bertz CT molecular complexity index is 484. The lowest BCUT2D eigenvalue weighted by molar-refractivity contribution is 0.140. The smallest absolute Gasteiger partial charge is 0.306 e. The minimum atomic E-state index is -3.08. The molecule has 0 saturated heterocycles. The summed E-state index contributed by atoms with van der Waals surface area (Å²) in [5.74, 6) is 0. The summed E-state index contributed by atoms with van der Waals surface area (Å²) in [5.41, 5.74) is 1.08. The molecule has 0 aromatic heterocycles. The van der Waals surface area contributed by atoms with Gasteiger partial charge in [-0.25, -0.2) is 0 Å². The summed E-state index contributed by atoms with van der Waals surface area (Å²) in [7, 11) is -3.08. The van der Waals surface area contributed by atoms with Gasteiger partial charge in [-0.2, -0.15) is 0 Å². The molecule has 1 aliphatic carbocycles. The van der Waals surface area contributed by atoms with E-state index in [1.165, 1.54) is 5.56 Å². The van der Waals surface area contributed by atoms with E-state index in [-0.39, 0.29) is 23.3 Å². The van der Waals surface area contributed by atoms with Crippen molar-refractivity contribution in [3.8, 4) is 0 Å². The predicted octanol–water partition coefficient (Wildman–Crippen LogP) is 4.76. The second kappa shape index (κ2) is 5.63. The van der Waals surface area contributed by atoms with Crippen LogP contribution in [0.1, 0.15) is 46.6 Å². The molecule has 1 aromatic rings. The van der Waals surface area contributed by atoms with E-state index in [0.29, 0.717) is 0 Å². The van der Waals surface area contributed by atoms with Crippen LogP contribution in [0.2, 0.25) is 0 Å². The highest BCUT2D eigenvalue weighted by Gasteiger charge is 2.62. The van der Waals surface area contributed by atoms with Crippen LogP contribution in [-0.4, -0.2) is 17.9 Å². The Kier molecular flexibility index (Phi) is 4.44. The summed E-state index contributed by atoms with van der Waals surface area (Å²) in [4.78, 5) is 0. The van der Waals surface area contributed by atoms with Crippen LogP contribution in [0.4, 0.5) is 0 Å². The van der Waals surface area contributed by atoms with Gasteiger partial charge in [0, 0.05) is 5.41 Å². The molecular formula is C16H25O3P. The Labute approximate surface area is 122 Å². The van der Waals surface area contributed by atoms with E-state index < -0.39 is 7.60 Å². The van der Waals surface area contributed by atoms with Crippen molar-refractivity contribution in [2.24, 2.45) is 0 Å². The fourth-order valence-corrected chi connectivity index (χ4v) is 5.66. The van der Waals surface area contributed by atoms with E-state index in [0.717, 1.165) is 6.42 Å². The average Bonchev–Trinajstić information content (AvgIpc) is 3.03. The predicted molar refractivity (Wildman–Crippen MR) is 82.2 cm³/mol. The maximum Gasteiger partial charge on any atom is 0.335 e. The summed E-state index contributed by atoms with van der Waals surface area (Å²) in [6.45, 7) is 9.75. The number of rotatable bonds is 6. The monoisotopic (exact) mass is 296 g/mol. The SMILES string of the molecule is CC(C)OP(=O)(OC(C)C)[C@H]1C[C@]1(C)c1ccccc1. The lowest BCUT2D eigenvalue weighted by atomic mass is 9.99. The van der Waals surface area contributed by atoms with Crippen molar-refractivity contribution in [3.05, 3.63) is 35.9 Å². The third kappa shape index (κ3) is 3.16. The second-order valence-electron chi connectivity index (χ2n) is 6.35. The minimum Gasteiger partial charge on any atom is -0.306 e. The molecule has 0 unspecified atom stereocenters. The van der Waals surface area contributed by atoms with E-state index in [2.05, 4.69) is 19.1 Å². The van der Waals surface area contributed by atoms with Crippen molar-refractivity contribution in [3.63, 3.8) is 0 Å². The number of hydrogen-bond acceptors (Lipinski definition) is 3. The number of hydrogen-bond donors (Lipinski definition) is 0. The van der Waals surface area contributed by atoms with Gasteiger partial charge in [0.15, 0.2) is 0 Å². The zero-order chi connectivity index (χ0) is 15.0. The molecule has 1 aromatic carbocycles. The molecule has 20 heavy (non-hydrogen) atoms. The van der Waals surface area contributed by atoms with Gasteiger partial charge in [-0.15, -0.1) is 0 Å². The molecule has 3 nitrogen and oxygen atoms in total. The van der Waals surface area contributed by atoms with E-state index in [1.807, 2.05) is 45.9 Å². The third-order valence-corrected chi connectivity index (χ3v) is 6.67. The van der Waals surface area contributed by atoms with Crippen molar-refractivity contribution in [1.82, 2.24) is 0 Å². The zero-order valence-corrected chi connectivity index (χ0v) is 13.9. The molecular weight excluding hydrogens is 271 g/mol. The van der Waals surface area contributed by atoms with Crippen molar-refractivity contribution >= 4 is 7.60 Å². The molecule has 0 N–H and O–H groups in total. The molecule has 112 valence electrons. The minimum absolute atomic E-state index is 0.0396. The Balaban J connectivity index is 2.23.